The fourth-order valence-corrected chi connectivity index (χ4v) is 3.92. The third kappa shape index (κ3) is 3.72. The average molecular weight is 396 g/mol. The molecule has 7 nitrogen and oxygen atoms in total. The van der Waals surface area contributed by atoms with E-state index in [2.05, 4.69) is 0 Å². The highest BCUT2D eigenvalue weighted by molar-refractivity contribution is 6.01. The predicted molar refractivity (Wildman–Crippen MR) is 107 cm³/mol. The molecular formula is C22H24N2O5. The molecule has 1 unspecified atom stereocenters. The summed E-state index contributed by atoms with van der Waals surface area (Å²) in [6.45, 7) is 3.47. The zero-order valence-corrected chi connectivity index (χ0v) is 16.6. The van der Waals surface area contributed by atoms with E-state index in [1.807, 2.05) is 25.1 Å². The maximum atomic E-state index is 13.2. The van der Waals surface area contributed by atoms with Gasteiger partial charge >= 0.3 is 0 Å². The van der Waals surface area contributed by atoms with Gasteiger partial charge in [0.2, 0.25) is 11.8 Å². The van der Waals surface area contributed by atoms with Crippen LogP contribution in [0.1, 0.15) is 17.5 Å². The number of phenolic OH excluding ortho intramolecular Hbond substituents is 1. The van der Waals surface area contributed by atoms with Crippen molar-refractivity contribution in [3.05, 3.63) is 47.5 Å². The maximum absolute atomic E-state index is 13.2. The molecule has 0 spiro atoms. The van der Waals surface area contributed by atoms with Crippen LogP contribution >= 0.6 is 0 Å². The summed E-state index contributed by atoms with van der Waals surface area (Å²) in [5.41, 5.74) is 2.57. The molecule has 0 radical (unpaired) electrons. The molecule has 2 aliphatic rings. The Morgan fingerprint density at radius 3 is 2.86 bits per heavy atom. The molecule has 7 heteroatoms. The summed E-state index contributed by atoms with van der Waals surface area (Å²) in [7, 11) is 1.57. The molecule has 0 aromatic heterocycles. The Balaban J connectivity index is 1.52. The van der Waals surface area contributed by atoms with Gasteiger partial charge in [0, 0.05) is 31.1 Å². The molecule has 4 rings (SSSR count). The molecule has 1 saturated heterocycles. The van der Waals surface area contributed by atoms with E-state index in [4.69, 9.17) is 9.47 Å². The topological polar surface area (TPSA) is 79.3 Å². The highest BCUT2D eigenvalue weighted by atomic mass is 16.5. The summed E-state index contributed by atoms with van der Waals surface area (Å²) in [6.07, 6.45) is 0.176. The predicted octanol–water partition coefficient (Wildman–Crippen LogP) is 2.48. The normalized spacial score (nSPS) is 18.8. The monoisotopic (exact) mass is 396 g/mol. The summed E-state index contributed by atoms with van der Waals surface area (Å²) < 4.78 is 11.1. The number of carbonyl (C=O) groups excluding carboxylic acids is 2. The van der Waals surface area contributed by atoms with Crippen molar-refractivity contribution in [2.45, 2.75) is 19.9 Å². The second kappa shape index (κ2) is 7.66. The van der Waals surface area contributed by atoms with Gasteiger partial charge in [0.05, 0.1) is 25.3 Å². The number of aryl methyl sites for hydroxylation is 1. The Morgan fingerprint density at radius 1 is 1.24 bits per heavy atom. The van der Waals surface area contributed by atoms with E-state index >= 15 is 0 Å². The standard InChI is InChI=1S/C22H24N2O5/c1-14-3-6-19(28-2)18(9-14)24-13-16(10-21(24)26)22(27)23-7-8-29-20-11-17(25)5-4-15(20)12-23/h3-6,9,11,16,25H,7-8,10,12-13H2,1-2H3. The van der Waals surface area contributed by atoms with Crippen LogP contribution in [0.25, 0.3) is 0 Å². The number of methoxy groups -OCH3 is 1. The lowest BCUT2D eigenvalue weighted by Gasteiger charge is -2.24. The first kappa shape index (κ1) is 19.1. The molecule has 0 bridgehead atoms. The second-order valence-corrected chi connectivity index (χ2v) is 7.48. The van der Waals surface area contributed by atoms with Crippen LogP contribution in [0.4, 0.5) is 5.69 Å². The molecule has 152 valence electrons. The van der Waals surface area contributed by atoms with Crippen LogP contribution in [0, 0.1) is 12.8 Å². The number of phenols is 1. The van der Waals surface area contributed by atoms with Crippen LogP contribution in [0.15, 0.2) is 36.4 Å². The Morgan fingerprint density at radius 2 is 2.07 bits per heavy atom. The summed E-state index contributed by atoms with van der Waals surface area (Å²) >= 11 is 0. The zero-order valence-electron chi connectivity index (χ0n) is 16.6. The van der Waals surface area contributed by atoms with Crippen LogP contribution in [-0.4, -0.2) is 48.6 Å². The first-order chi connectivity index (χ1) is 14.0. The van der Waals surface area contributed by atoms with E-state index in [0.717, 1.165) is 11.1 Å². The van der Waals surface area contributed by atoms with E-state index in [1.165, 1.54) is 0 Å². The number of hydrogen-bond donors (Lipinski definition) is 1. The van der Waals surface area contributed by atoms with Gasteiger partial charge in [-0.3, -0.25) is 9.59 Å². The number of benzene rings is 2. The smallest absolute Gasteiger partial charge is 0.228 e. The highest BCUT2D eigenvalue weighted by Gasteiger charge is 2.38. The van der Waals surface area contributed by atoms with Crippen molar-refractivity contribution in [2.75, 3.05) is 31.7 Å². The number of amides is 2. The van der Waals surface area contributed by atoms with Gasteiger partial charge in [-0.25, -0.2) is 0 Å². The molecule has 2 aromatic rings. The number of ether oxygens (including phenoxy) is 2. The number of anilines is 1. The SMILES string of the molecule is COc1ccc(C)cc1N1CC(C(=O)N2CCOc3cc(O)ccc3C2)CC1=O. The summed E-state index contributed by atoms with van der Waals surface area (Å²) in [5.74, 6) is 0.794. The lowest BCUT2D eigenvalue weighted by molar-refractivity contribution is -0.136. The summed E-state index contributed by atoms with van der Waals surface area (Å²) in [6, 6.07) is 10.6. The molecule has 1 atom stereocenters. The van der Waals surface area contributed by atoms with Gasteiger partial charge in [-0.05, 0) is 36.8 Å². The van der Waals surface area contributed by atoms with Crippen molar-refractivity contribution < 1.29 is 24.2 Å². The summed E-state index contributed by atoms with van der Waals surface area (Å²) in [5, 5.41) is 9.64. The minimum atomic E-state index is -0.411. The Labute approximate surface area is 169 Å². The van der Waals surface area contributed by atoms with Gasteiger partial charge in [-0.1, -0.05) is 6.07 Å². The lowest BCUT2D eigenvalue weighted by atomic mass is 10.1. The van der Waals surface area contributed by atoms with Crippen molar-refractivity contribution in [3.8, 4) is 17.2 Å². The molecule has 2 amide bonds. The number of aromatic hydroxyl groups is 1. The first-order valence-corrected chi connectivity index (χ1v) is 9.64. The summed E-state index contributed by atoms with van der Waals surface area (Å²) in [4.78, 5) is 29.3. The molecule has 0 saturated carbocycles. The van der Waals surface area contributed by atoms with E-state index in [1.54, 1.807) is 35.1 Å². The molecule has 2 aromatic carbocycles. The van der Waals surface area contributed by atoms with Crippen LogP contribution in [0.2, 0.25) is 0 Å². The molecule has 1 N–H and O–H groups in total. The Hall–Kier alpha value is -3.22. The van der Waals surface area contributed by atoms with E-state index in [9.17, 15) is 14.7 Å². The van der Waals surface area contributed by atoms with Crippen LogP contribution in [0.5, 0.6) is 17.2 Å². The van der Waals surface area contributed by atoms with Crippen LogP contribution in [0.3, 0.4) is 0 Å². The third-order valence-electron chi connectivity index (χ3n) is 5.44. The fraction of sp³-hybridized carbons (Fsp3) is 0.364. The van der Waals surface area contributed by atoms with Gasteiger partial charge in [0.25, 0.3) is 0 Å². The number of carbonyl (C=O) groups is 2. The minimum Gasteiger partial charge on any atom is -0.508 e. The number of nitrogens with zero attached hydrogens (tertiary/aromatic N) is 2. The van der Waals surface area contributed by atoms with Gasteiger partial charge in [0.15, 0.2) is 0 Å². The molecular weight excluding hydrogens is 372 g/mol. The van der Waals surface area contributed by atoms with Gasteiger partial charge in [-0.2, -0.15) is 0 Å². The largest absolute Gasteiger partial charge is 0.508 e. The van der Waals surface area contributed by atoms with Crippen molar-refractivity contribution in [3.63, 3.8) is 0 Å². The molecule has 29 heavy (non-hydrogen) atoms. The maximum Gasteiger partial charge on any atom is 0.228 e. The lowest BCUT2D eigenvalue weighted by Crippen LogP contribution is -2.38. The van der Waals surface area contributed by atoms with E-state index < -0.39 is 5.92 Å². The third-order valence-corrected chi connectivity index (χ3v) is 5.44. The Bertz CT molecular complexity index is 958. The molecule has 2 aliphatic heterocycles. The first-order valence-electron chi connectivity index (χ1n) is 9.64. The van der Waals surface area contributed by atoms with Gasteiger partial charge in [0.1, 0.15) is 23.9 Å². The van der Waals surface area contributed by atoms with Crippen molar-refractivity contribution in [2.24, 2.45) is 5.92 Å². The van der Waals surface area contributed by atoms with Crippen molar-refractivity contribution in [1.29, 1.82) is 0 Å². The number of rotatable bonds is 3. The zero-order chi connectivity index (χ0) is 20.5. The average Bonchev–Trinajstić information content (AvgIpc) is 2.96. The van der Waals surface area contributed by atoms with Crippen molar-refractivity contribution in [1.82, 2.24) is 4.90 Å². The fourth-order valence-electron chi connectivity index (χ4n) is 3.92. The molecule has 1 fully saturated rings. The molecule has 0 aliphatic carbocycles. The molecule has 2 heterocycles. The minimum absolute atomic E-state index is 0.0583. The number of hydrogen-bond acceptors (Lipinski definition) is 5. The van der Waals surface area contributed by atoms with Gasteiger partial charge in [-0.15, -0.1) is 0 Å². The van der Waals surface area contributed by atoms with Crippen molar-refractivity contribution >= 4 is 17.5 Å². The van der Waals surface area contributed by atoms with Crippen LogP contribution in [-0.2, 0) is 16.1 Å². The van der Waals surface area contributed by atoms with E-state index in [0.29, 0.717) is 43.4 Å². The van der Waals surface area contributed by atoms with E-state index in [-0.39, 0.29) is 24.0 Å². The quantitative estimate of drug-likeness (QED) is 0.862. The van der Waals surface area contributed by atoms with Gasteiger partial charge < -0.3 is 24.4 Å². The Kier molecular flexibility index (Phi) is 5.05. The highest BCUT2D eigenvalue weighted by Crippen LogP contribution is 2.35. The second-order valence-electron chi connectivity index (χ2n) is 7.48. The number of fused-ring (bicyclic) bond motifs is 1. The van der Waals surface area contributed by atoms with Crippen LogP contribution < -0.4 is 14.4 Å².